The maximum absolute atomic E-state index is 12.3. The number of ether oxygens (including phenoxy) is 2. The van der Waals surface area contributed by atoms with Gasteiger partial charge in [-0.1, -0.05) is 48.5 Å². The largest absolute Gasteiger partial charge is 0.480 e. The van der Waals surface area contributed by atoms with E-state index in [1.165, 1.54) is 18.2 Å². The average Bonchev–Trinajstić information content (AvgIpc) is 3.11. The quantitative estimate of drug-likeness (QED) is 0.480. The van der Waals surface area contributed by atoms with Crippen molar-refractivity contribution >= 4 is 18.0 Å². The van der Waals surface area contributed by atoms with Crippen LogP contribution in [0.5, 0.6) is 0 Å². The second-order valence-corrected chi connectivity index (χ2v) is 8.18. The fourth-order valence-electron chi connectivity index (χ4n) is 4.09. The van der Waals surface area contributed by atoms with E-state index in [0.29, 0.717) is 12.8 Å². The third-order valence-electron chi connectivity index (χ3n) is 5.72. The number of carboxylic acid groups (broad SMARTS) is 1. The van der Waals surface area contributed by atoms with Crippen molar-refractivity contribution in [3.05, 3.63) is 59.7 Å². The minimum Gasteiger partial charge on any atom is -0.480 e. The zero-order chi connectivity index (χ0) is 23.8. The van der Waals surface area contributed by atoms with Gasteiger partial charge in [0.15, 0.2) is 6.04 Å². The summed E-state index contributed by atoms with van der Waals surface area (Å²) < 4.78 is 10.3. The van der Waals surface area contributed by atoms with Crippen molar-refractivity contribution in [3.63, 3.8) is 0 Å². The summed E-state index contributed by atoms with van der Waals surface area (Å²) in [6.07, 6.45) is 0.708. The maximum atomic E-state index is 12.3. The minimum atomic E-state index is -1.14. The smallest absolute Gasteiger partial charge is 0.407 e. The van der Waals surface area contributed by atoms with Gasteiger partial charge in [-0.05, 0) is 42.0 Å². The number of rotatable bonds is 11. The Morgan fingerprint density at radius 2 is 1.61 bits per heavy atom. The number of aliphatic carboxylic acids is 1. The Morgan fingerprint density at radius 3 is 2.18 bits per heavy atom. The lowest BCUT2D eigenvalue weighted by atomic mass is 9.98. The number of carbonyl (C=O) groups is 3. The Morgan fingerprint density at radius 1 is 1.00 bits per heavy atom. The van der Waals surface area contributed by atoms with Crippen molar-refractivity contribution in [1.29, 1.82) is 0 Å². The number of amides is 2. The third-order valence-corrected chi connectivity index (χ3v) is 5.72. The van der Waals surface area contributed by atoms with Crippen LogP contribution in [0, 0.1) is 0 Å². The molecular weight excluding hydrogens is 424 g/mol. The van der Waals surface area contributed by atoms with E-state index in [9.17, 15) is 14.4 Å². The van der Waals surface area contributed by atoms with Gasteiger partial charge in [-0.2, -0.15) is 0 Å². The van der Waals surface area contributed by atoms with Crippen molar-refractivity contribution in [2.24, 2.45) is 0 Å². The highest BCUT2D eigenvalue weighted by atomic mass is 16.5. The monoisotopic (exact) mass is 454 g/mol. The number of alkyl carbamates (subject to hydrolysis) is 1. The van der Waals surface area contributed by atoms with Gasteiger partial charge in [-0.25, -0.2) is 9.59 Å². The van der Waals surface area contributed by atoms with Crippen molar-refractivity contribution in [1.82, 2.24) is 10.6 Å². The van der Waals surface area contributed by atoms with E-state index >= 15 is 0 Å². The topological polar surface area (TPSA) is 114 Å². The van der Waals surface area contributed by atoms with Crippen LogP contribution in [0.25, 0.3) is 11.1 Å². The second kappa shape index (κ2) is 11.5. The van der Waals surface area contributed by atoms with E-state index in [4.69, 9.17) is 14.6 Å². The molecule has 0 saturated heterocycles. The van der Waals surface area contributed by atoms with E-state index in [1.54, 1.807) is 0 Å². The fraction of sp³-hybridized carbons (Fsp3) is 0.400. The molecule has 0 bridgehead atoms. The molecule has 0 heterocycles. The summed E-state index contributed by atoms with van der Waals surface area (Å²) in [5.41, 5.74) is 4.64. The lowest BCUT2D eigenvalue weighted by Crippen LogP contribution is -2.43. The first-order valence-electron chi connectivity index (χ1n) is 11.0. The number of methoxy groups -OCH3 is 1. The lowest BCUT2D eigenvalue weighted by molar-refractivity contribution is -0.143. The highest BCUT2D eigenvalue weighted by Gasteiger charge is 2.29. The summed E-state index contributed by atoms with van der Waals surface area (Å²) in [6.45, 7) is 1.98. The summed E-state index contributed by atoms with van der Waals surface area (Å²) in [5.74, 6) is -1.51. The number of fused-ring (bicyclic) bond motifs is 3. The van der Waals surface area contributed by atoms with Crippen molar-refractivity contribution in [2.45, 2.75) is 44.2 Å². The summed E-state index contributed by atoms with van der Waals surface area (Å²) in [4.78, 5) is 35.3. The molecule has 0 spiro atoms. The molecule has 0 radical (unpaired) electrons. The number of carbonyl (C=O) groups excluding carboxylic acids is 2. The molecule has 176 valence electrons. The second-order valence-electron chi connectivity index (χ2n) is 8.18. The van der Waals surface area contributed by atoms with E-state index in [1.807, 2.05) is 31.2 Å². The standard InChI is InChI=1S/C25H30N2O6/c1-16(8-7-13-23(28)27-22(15-32-2)24(29)30)26-25(31)33-14-21-19-11-5-3-9-17(19)18-10-4-6-12-20(18)21/h3-6,9-12,16,21-22H,7-8,13-15H2,1-2H3,(H,26,31)(H,27,28)(H,29,30)/t16?,22-/m0/s1. The predicted molar refractivity (Wildman–Crippen MR) is 123 cm³/mol. The molecule has 2 aromatic rings. The molecule has 0 aliphatic heterocycles. The van der Waals surface area contributed by atoms with Crippen LogP contribution < -0.4 is 10.6 Å². The summed E-state index contributed by atoms with van der Waals surface area (Å²) in [7, 11) is 1.37. The molecule has 8 nitrogen and oxygen atoms in total. The first-order valence-corrected chi connectivity index (χ1v) is 11.0. The molecule has 1 unspecified atom stereocenters. The SMILES string of the molecule is COC[C@H](NC(=O)CCCC(C)NC(=O)OCC1c2ccccc2-c2ccccc21)C(=O)O. The van der Waals surface area contributed by atoms with Crippen LogP contribution in [0.2, 0.25) is 0 Å². The molecule has 33 heavy (non-hydrogen) atoms. The number of hydrogen-bond donors (Lipinski definition) is 3. The average molecular weight is 455 g/mol. The molecule has 0 aromatic heterocycles. The summed E-state index contributed by atoms with van der Waals surface area (Å²) in [6, 6.07) is 15.0. The van der Waals surface area contributed by atoms with Crippen LogP contribution in [-0.4, -0.2) is 55.5 Å². The van der Waals surface area contributed by atoms with Crippen molar-refractivity contribution < 1.29 is 29.0 Å². The van der Waals surface area contributed by atoms with E-state index < -0.39 is 18.1 Å². The first kappa shape index (κ1) is 24.3. The van der Waals surface area contributed by atoms with Gasteiger partial charge in [0, 0.05) is 25.5 Å². The molecule has 2 aromatic carbocycles. The number of carboxylic acids is 1. The zero-order valence-corrected chi connectivity index (χ0v) is 18.9. The Bertz CT molecular complexity index is 947. The number of benzene rings is 2. The summed E-state index contributed by atoms with van der Waals surface area (Å²) >= 11 is 0. The molecule has 2 atom stereocenters. The molecule has 0 saturated carbocycles. The molecule has 3 rings (SSSR count). The van der Waals surface area contributed by atoms with Crippen molar-refractivity contribution in [3.8, 4) is 11.1 Å². The van der Waals surface area contributed by atoms with E-state index in [0.717, 1.165) is 11.1 Å². The molecule has 8 heteroatoms. The molecule has 0 fully saturated rings. The van der Waals surface area contributed by atoms with E-state index in [2.05, 4.69) is 34.9 Å². The molecule has 2 amide bonds. The Hall–Kier alpha value is -3.39. The van der Waals surface area contributed by atoms with Crippen LogP contribution in [0.4, 0.5) is 4.79 Å². The van der Waals surface area contributed by atoms with Crippen LogP contribution in [-0.2, 0) is 19.1 Å². The van der Waals surface area contributed by atoms with Crippen LogP contribution in [0.15, 0.2) is 48.5 Å². The Balaban J connectivity index is 1.42. The van der Waals surface area contributed by atoms with Gasteiger partial charge in [0.05, 0.1) is 6.61 Å². The number of hydrogen-bond acceptors (Lipinski definition) is 5. The number of nitrogens with one attached hydrogen (secondary N) is 2. The molecule has 1 aliphatic carbocycles. The Kier molecular flexibility index (Phi) is 8.43. The molecule has 3 N–H and O–H groups in total. The zero-order valence-electron chi connectivity index (χ0n) is 18.9. The molecular formula is C25H30N2O6. The van der Waals surface area contributed by atoms with Crippen LogP contribution in [0.1, 0.15) is 43.2 Å². The highest BCUT2D eigenvalue weighted by Crippen LogP contribution is 2.44. The lowest BCUT2D eigenvalue weighted by Gasteiger charge is -2.17. The minimum absolute atomic E-state index is 0.00330. The fourth-order valence-corrected chi connectivity index (χ4v) is 4.09. The normalized spacial score (nSPS) is 14.0. The van der Waals surface area contributed by atoms with Gasteiger partial charge in [0.25, 0.3) is 0 Å². The predicted octanol–water partition coefficient (Wildman–Crippen LogP) is 3.30. The van der Waals surface area contributed by atoms with Crippen molar-refractivity contribution in [2.75, 3.05) is 20.3 Å². The first-order chi connectivity index (χ1) is 15.9. The van der Waals surface area contributed by atoms with Gasteiger partial charge >= 0.3 is 12.1 Å². The third kappa shape index (κ3) is 6.32. The summed E-state index contributed by atoms with van der Waals surface area (Å²) in [5, 5.41) is 14.3. The van der Waals surface area contributed by atoms with Gasteiger partial charge in [0.2, 0.25) is 5.91 Å². The van der Waals surface area contributed by atoms with E-state index in [-0.39, 0.29) is 37.5 Å². The van der Waals surface area contributed by atoms with Gasteiger partial charge in [-0.3, -0.25) is 4.79 Å². The Labute approximate surface area is 193 Å². The highest BCUT2D eigenvalue weighted by molar-refractivity contribution is 5.83. The van der Waals surface area contributed by atoms with Gasteiger partial charge < -0.3 is 25.2 Å². The van der Waals surface area contributed by atoms with Crippen LogP contribution in [0.3, 0.4) is 0 Å². The molecule has 1 aliphatic rings. The maximum Gasteiger partial charge on any atom is 0.407 e. The van der Waals surface area contributed by atoms with Gasteiger partial charge in [0.1, 0.15) is 6.61 Å². The van der Waals surface area contributed by atoms with Crippen LogP contribution >= 0.6 is 0 Å². The van der Waals surface area contributed by atoms with Gasteiger partial charge in [-0.15, -0.1) is 0 Å².